The van der Waals surface area contributed by atoms with E-state index in [1.807, 2.05) is 17.0 Å². The van der Waals surface area contributed by atoms with E-state index in [0.717, 1.165) is 49.9 Å². The fraction of sp³-hybridized carbons (Fsp3) is 0.444. The second-order valence-electron chi connectivity index (χ2n) is 6.17. The smallest absolute Gasteiger partial charge is 0.219 e. The highest BCUT2D eigenvalue weighted by molar-refractivity contribution is 14.0. The van der Waals surface area contributed by atoms with Crippen LogP contribution in [0.25, 0.3) is 5.69 Å². The molecule has 1 saturated heterocycles. The molecule has 1 aliphatic rings. The number of nitrogens with zero attached hydrogens (tertiary/aromatic N) is 6. The molecular formula is C18H26IN7O. The third-order valence-electron chi connectivity index (χ3n) is 4.39. The Balaban J connectivity index is 0.00000261. The summed E-state index contributed by atoms with van der Waals surface area (Å²) in [5.41, 5.74) is 2.11. The van der Waals surface area contributed by atoms with E-state index in [-0.39, 0.29) is 29.9 Å². The summed E-state index contributed by atoms with van der Waals surface area (Å²) in [5.74, 6) is 1.04. The number of aromatic nitrogens is 3. The van der Waals surface area contributed by atoms with Gasteiger partial charge in [-0.2, -0.15) is 5.10 Å². The summed E-state index contributed by atoms with van der Waals surface area (Å²) in [5, 5.41) is 7.48. The summed E-state index contributed by atoms with van der Waals surface area (Å²) in [6, 6.07) is 8.13. The summed E-state index contributed by atoms with van der Waals surface area (Å²) >= 11 is 0. The van der Waals surface area contributed by atoms with Gasteiger partial charge in [0.2, 0.25) is 5.91 Å². The van der Waals surface area contributed by atoms with Gasteiger partial charge in [0.15, 0.2) is 5.96 Å². The largest absolute Gasteiger partial charge is 0.357 e. The molecule has 1 aromatic heterocycles. The molecular weight excluding hydrogens is 457 g/mol. The van der Waals surface area contributed by atoms with Crippen LogP contribution in [0.2, 0.25) is 0 Å². The zero-order valence-corrected chi connectivity index (χ0v) is 18.0. The molecule has 1 aliphatic heterocycles. The number of hydrogen-bond donors (Lipinski definition) is 1. The number of halogens is 1. The molecule has 1 amide bonds. The molecule has 8 nitrogen and oxygen atoms in total. The predicted molar refractivity (Wildman–Crippen MR) is 115 cm³/mol. The molecule has 2 aromatic rings. The molecule has 1 N–H and O–H groups in total. The molecule has 0 unspecified atom stereocenters. The molecule has 146 valence electrons. The first-order chi connectivity index (χ1) is 12.7. The van der Waals surface area contributed by atoms with Gasteiger partial charge < -0.3 is 15.1 Å². The highest BCUT2D eigenvalue weighted by Gasteiger charge is 2.20. The van der Waals surface area contributed by atoms with E-state index in [2.05, 4.69) is 39.4 Å². The molecule has 1 aromatic carbocycles. The van der Waals surface area contributed by atoms with Crippen molar-refractivity contribution in [2.75, 3.05) is 32.7 Å². The van der Waals surface area contributed by atoms with E-state index in [9.17, 15) is 4.79 Å². The SMILES string of the molecule is CCNC(=NCc1ccc(-n2cncn2)cc1)N1CCN(C(C)=O)CC1.I. The van der Waals surface area contributed by atoms with Crippen molar-refractivity contribution in [2.24, 2.45) is 4.99 Å². The molecule has 0 radical (unpaired) electrons. The van der Waals surface area contributed by atoms with Crippen LogP contribution in [0, 0.1) is 0 Å². The van der Waals surface area contributed by atoms with Crippen LogP contribution in [0.15, 0.2) is 41.9 Å². The summed E-state index contributed by atoms with van der Waals surface area (Å²) in [7, 11) is 0. The molecule has 27 heavy (non-hydrogen) atoms. The van der Waals surface area contributed by atoms with E-state index >= 15 is 0 Å². The van der Waals surface area contributed by atoms with Crippen molar-refractivity contribution in [1.82, 2.24) is 29.9 Å². The Morgan fingerprint density at radius 1 is 1.15 bits per heavy atom. The number of rotatable bonds is 4. The monoisotopic (exact) mass is 483 g/mol. The maximum atomic E-state index is 11.5. The average molecular weight is 483 g/mol. The van der Waals surface area contributed by atoms with E-state index in [0.29, 0.717) is 6.54 Å². The van der Waals surface area contributed by atoms with Crippen LogP contribution >= 0.6 is 24.0 Å². The Morgan fingerprint density at radius 2 is 1.81 bits per heavy atom. The minimum atomic E-state index is 0. The van der Waals surface area contributed by atoms with Crippen molar-refractivity contribution < 1.29 is 4.79 Å². The van der Waals surface area contributed by atoms with Crippen LogP contribution in [0.3, 0.4) is 0 Å². The van der Waals surface area contributed by atoms with Gasteiger partial charge >= 0.3 is 0 Å². The Hall–Kier alpha value is -2.17. The summed E-state index contributed by atoms with van der Waals surface area (Å²) in [4.78, 5) is 24.3. The maximum absolute atomic E-state index is 11.5. The van der Waals surface area contributed by atoms with Gasteiger partial charge in [-0.15, -0.1) is 24.0 Å². The van der Waals surface area contributed by atoms with Gasteiger partial charge in [-0.05, 0) is 24.6 Å². The van der Waals surface area contributed by atoms with Crippen LogP contribution < -0.4 is 5.32 Å². The Labute approximate surface area is 176 Å². The molecule has 0 bridgehead atoms. The second kappa shape index (κ2) is 10.2. The first kappa shape index (κ1) is 21.1. The quantitative estimate of drug-likeness (QED) is 0.406. The predicted octanol–water partition coefficient (Wildman–Crippen LogP) is 1.51. The number of guanidine groups is 1. The Morgan fingerprint density at radius 3 is 2.37 bits per heavy atom. The first-order valence-corrected chi connectivity index (χ1v) is 8.90. The van der Waals surface area contributed by atoms with E-state index in [1.165, 1.54) is 6.33 Å². The van der Waals surface area contributed by atoms with Crippen LogP contribution in [0.1, 0.15) is 19.4 Å². The van der Waals surface area contributed by atoms with Crippen molar-refractivity contribution in [3.8, 4) is 5.69 Å². The fourth-order valence-corrected chi connectivity index (χ4v) is 2.92. The van der Waals surface area contributed by atoms with Gasteiger partial charge in [-0.25, -0.2) is 14.7 Å². The van der Waals surface area contributed by atoms with Crippen molar-refractivity contribution in [3.05, 3.63) is 42.5 Å². The standard InChI is InChI=1S/C18H25N7O.HI/c1-3-20-18(24-10-8-23(9-11-24)15(2)26)21-12-16-4-6-17(7-5-16)25-14-19-13-22-25;/h4-7,13-14H,3,8-12H2,1-2H3,(H,20,21);1H. The minimum absolute atomic E-state index is 0. The molecule has 0 atom stereocenters. The molecule has 1 fully saturated rings. The average Bonchev–Trinajstić information content (AvgIpc) is 3.20. The molecule has 0 aliphatic carbocycles. The van der Waals surface area contributed by atoms with Crippen molar-refractivity contribution in [2.45, 2.75) is 20.4 Å². The lowest BCUT2D eigenvalue weighted by Crippen LogP contribution is -2.53. The zero-order valence-electron chi connectivity index (χ0n) is 15.7. The highest BCUT2D eigenvalue weighted by Crippen LogP contribution is 2.10. The molecule has 3 rings (SSSR count). The van der Waals surface area contributed by atoms with E-state index in [1.54, 1.807) is 17.9 Å². The lowest BCUT2D eigenvalue weighted by atomic mass is 10.2. The number of benzene rings is 1. The number of amides is 1. The lowest BCUT2D eigenvalue weighted by Gasteiger charge is -2.36. The highest BCUT2D eigenvalue weighted by atomic mass is 127. The van der Waals surface area contributed by atoms with Gasteiger partial charge in [0, 0.05) is 39.6 Å². The second-order valence-corrected chi connectivity index (χ2v) is 6.17. The first-order valence-electron chi connectivity index (χ1n) is 8.90. The van der Waals surface area contributed by atoms with Gasteiger partial charge in [-0.1, -0.05) is 12.1 Å². The molecule has 0 spiro atoms. The lowest BCUT2D eigenvalue weighted by molar-refractivity contribution is -0.130. The molecule has 0 saturated carbocycles. The minimum Gasteiger partial charge on any atom is -0.357 e. The molecule has 2 heterocycles. The summed E-state index contributed by atoms with van der Waals surface area (Å²) in [6.45, 7) is 8.20. The fourth-order valence-electron chi connectivity index (χ4n) is 2.92. The van der Waals surface area contributed by atoms with Crippen molar-refractivity contribution in [3.63, 3.8) is 0 Å². The normalized spacial score (nSPS) is 14.7. The molecule has 9 heteroatoms. The van der Waals surface area contributed by atoms with Crippen LogP contribution in [-0.4, -0.2) is 69.2 Å². The third kappa shape index (κ3) is 5.65. The Kier molecular flexibility index (Phi) is 8.01. The van der Waals surface area contributed by atoms with Gasteiger partial charge in [-0.3, -0.25) is 4.79 Å². The van der Waals surface area contributed by atoms with E-state index in [4.69, 9.17) is 4.99 Å². The van der Waals surface area contributed by atoms with Gasteiger partial charge in [0.05, 0.1) is 12.2 Å². The number of hydrogen-bond acceptors (Lipinski definition) is 4. The number of carbonyl (C=O) groups excluding carboxylic acids is 1. The number of aliphatic imine (C=N–C) groups is 1. The van der Waals surface area contributed by atoms with Crippen molar-refractivity contribution >= 4 is 35.8 Å². The van der Waals surface area contributed by atoms with Gasteiger partial charge in [0.1, 0.15) is 12.7 Å². The third-order valence-corrected chi connectivity index (χ3v) is 4.39. The summed E-state index contributed by atoms with van der Waals surface area (Å²) in [6.07, 6.45) is 3.20. The van der Waals surface area contributed by atoms with Gasteiger partial charge in [0.25, 0.3) is 0 Å². The number of nitrogens with one attached hydrogen (secondary N) is 1. The number of carbonyl (C=O) groups is 1. The van der Waals surface area contributed by atoms with E-state index < -0.39 is 0 Å². The topological polar surface area (TPSA) is 78.7 Å². The Bertz CT molecular complexity index is 738. The van der Waals surface area contributed by atoms with Crippen LogP contribution in [0.5, 0.6) is 0 Å². The zero-order chi connectivity index (χ0) is 18.4. The van der Waals surface area contributed by atoms with Crippen LogP contribution in [0.4, 0.5) is 0 Å². The van der Waals surface area contributed by atoms with Crippen molar-refractivity contribution in [1.29, 1.82) is 0 Å². The maximum Gasteiger partial charge on any atom is 0.219 e. The summed E-state index contributed by atoms with van der Waals surface area (Å²) < 4.78 is 1.73. The van der Waals surface area contributed by atoms with Crippen LogP contribution in [-0.2, 0) is 11.3 Å². The number of piperazine rings is 1.